The maximum absolute atomic E-state index is 13.1. The predicted octanol–water partition coefficient (Wildman–Crippen LogP) is 3.52. The lowest BCUT2D eigenvalue weighted by molar-refractivity contribution is 0.466. The molecule has 0 aliphatic carbocycles. The van der Waals surface area contributed by atoms with Crippen LogP contribution < -0.4 is 5.32 Å². The van der Waals surface area contributed by atoms with Crippen LogP contribution in [0.3, 0.4) is 0 Å². The third-order valence-electron chi connectivity index (χ3n) is 2.92. The van der Waals surface area contributed by atoms with Crippen LogP contribution in [0.2, 0.25) is 0 Å². The molecule has 4 heteroatoms. The first-order valence-electron chi connectivity index (χ1n) is 6.02. The van der Waals surface area contributed by atoms with Crippen LogP contribution in [0.25, 0.3) is 0 Å². The first kappa shape index (κ1) is 13.5. The molecule has 0 saturated carbocycles. The summed E-state index contributed by atoms with van der Waals surface area (Å²) in [5.74, 6) is -0.830. The number of phenols is 1. The van der Waals surface area contributed by atoms with Crippen molar-refractivity contribution < 1.29 is 13.9 Å². The van der Waals surface area contributed by atoms with Crippen molar-refractivity contribution in [1.29, 1.82) is 0 Å². The van der Waals surface area contributed by atoms with E-state index in [1.165, 1.54) is 24.3 Å². The van der Waals surface area contributed by atoms with E-state index in [1.54, 1.807) is 12.1 Å². The first-order valence-corrected chi connectivity index (χ1v) is 6.02. The first-order chi connectivity index (χ1) is 9.04. The summed E-state index contributed by atoms with van der Waals surface area (Å²) in [5.41, 5.74) is 1.61. The molecule has 0 heterocycles. The van der Waals surface area contributed by atoms with E-state index in [-0.39, 0.29) is 17.6 Å². The quantitative estimate of drug-likeness (QED) is 0.884. The highest BCUT2D eigenvalue weighted by atomic mass is 19.1. The lowest BCUT2D eigenvalue weighted by atomic mass is 10.1. The molecule has 1 atom stereocenters. The van der Waals surface area contributed by atoms with Crippen LogP contribution in [0.1, 0.15) is 24.1 Å². The fourth-order valence-corrected chi connectivity index (χ4v) is 1.88. The van der Waals surface area contributed by atoms with E-state index in [9.17, 15) is 13.9 Å². The molecular formula is C15H15F2NO. The summed E-state index contributed by atoms with van der Waals surface area (Å²) in [5, 5.41) is 12.5. The number of hydrogen-bond acceptors (Lipinski definition) is 2. The zero-order valence-corrected chi connectivity index (χ0v) is 10.5. The summed E-state index contributed by atoms with van der Waals surface area (Å²) in [6, 6.07) is 10.2. The SMILES string of the molecule is C[C@H](NCc1cc(O)cc(F)c1)c1ccc(F)cc1. The normalized spacial score (nSPS) is 12.4. The number of phenolic OH excluding ortho intramolecular Hbond substituents is 1. The Kier molecular flexibility index (Phi) is 4.12. The van der Waals surface area contributed by atoms with Crippen molar-refractivity contribution in [3.05, 3.63) is 65.2 Å². The van der Waals surface area contributed by atoms with Gasteiger partial charge in [-0.15, -0.1) is 0 Å². The van der Waals surface area contributed by atoms with Crippen molar-refractivity contribution in [2.75, 3.05) is 0 Å². The number of aromatic hydroxyl groups is 1. The lowest BCUT2D eigenvalue weighted by Gasteiger charge is -2.14. The summed E-state index contributed by atoms with van der Waals surface area (Å²) in [6.45, 7) is 2.36. The van der Waals surface area contributed by atoms with E-state index >= 15 is 0 Å². The van der Waals surface area contributed by atoms with Gasteiger partial charge in [0.05, 0.1) is 0 Å². The number of benzene rings is 2. The minimum absolute atomic E-state index is 0.00557. The average Bonchev–Trinajstić information content (AvgIpc) is 2.36. The number of nitrogens with one attached hydrogen (secondary N) is 1. The summed E-state index contributed by atoms with van der Waals surface area (Å²) < 4.78 is 25.9. The zero-order chi connectivity index (χ0) is 13.8. The summed E-state index contributed by atoms with van der Waals surface area (Å²) >= 11 is 0. The highest BCUT2D eigenvalue weighted by Gasteiger charge is 2.06. The van der Waals surface area contributed by atoms with Crippen molar-refractivity contribution in [3.8, 4) is 5.75 Å². The van der Waals surface area contributed by atoms with Gasteiger partial charge in [-0.3, -0.25) is 0 Å². The van der Waals surface area contributed by atoms with Gasteiger partial charge in [0.15, 0.2) is 0 Å². The van der Waals surface area contributed by atoms with Gasteiger partial charge in [-0.2, -0.15) is 0 Å². The molecule has 0 aliphatic rings. The van der Waals surface area contributed by atoms with Gasteiger partial charge in [0, 0.05) is 18.7 Å². The third kappa shape index (κ3) is 3.76. The fourth-order valence-electron chi connectivity index (χ4n) is 1.88. The van der Waals surface area contributed by atoms with Gasteiger partial charge in [0.25, 0.3) is 0 Å². The number of halogens is 2. The number of hydrogen-bond donors (Lipinski definition) is 2. The van der Waals surface area contributed by atoms with Crippen molar-refractivity contribution in [2.45, 2.75) is 19.5 Å². The maximum atomic E-state index is 13.1. The van der Waals surface area contributed by atoms with E-state index < -0.39 is 5.82 Å². The van der Waals surface area contributed by atoms with Crippen molar-refractivity contribution in [2.24, 2.45) is 0 Å². The van der Waals surface area contributed by atoms with Gasteiger partial charge >= 0.3 is 0 Å². The molecule has 2 rings (SSSR count). The largest absolute Gasteiger partial charge is 0.508 e. The maximum Gasteiger partial charge on any atom is 0.127 e. The van der Waals surface area contributed by atoms with E-state index in [1.807, 2.05) is 6.92 Å². The zero-order valence-electron chi connectivity index (χ0n) is 10.5. The Balaban J connectivity index is 1.99. The van der Waals surface area contributed by atoms with Crippen molar-refractivity contribution >= 4 is 0 Å². The summed E-state index contributed by atoms with van der Waals surface area (Å²) in [4.78, 5) is 0. The fraction of sp³-hybridized carbons (Fsp3) is 0.200. The monoisotopic (exact) mass is 263 g/mol. The topological polar surface area (TPSA) is 32.3 Å². The molecule has 2 N–H and O–H groups in total. The lowest BCUT2D eigenvalue weighted by Crippen LogP contribution is -2.18. The van der Waals surface area contributed by atoms with Gasteiger partial charge in [0.1, 0.15) is 17.4 Å². The molecular weight excluding hydrogens is 248 g/mol. The molecule has 2 aromatic carbocycles. The average molecular weight is 263 g/mol. The smallest absolute Gasteiger partial charge is 0.127 e. The van der Waals surface area contributed by atoms with Crippen LogP contribution in [0.5, 0.6) is 5.75 Å². The molecule has 0 fully saturated rings. The van der Waals surface area contributed by atoms with Gasteiger partial charge in [-0.1, -0.05) is 12.1 Å². The molecule has 0 bridgehead atoms. The Morgan fingerprint density at radius 2 is 1.74 bits per heavy atom. The summed E-state index contributed by atoms with van der Waals surface area (Å²) in [7, 11) is 0. The molecule has 0 unspecified atom stereocenters. The summed E-state index contributed by atoms with van der Waals surface area (Å²) in [6.07, 6.45) is 0. The minimum Gasteiger partial charge on any atom is -0.508 e. The van der Waals surface area contributed by atoms with Gasteiger partial charge < -0.3 is 10.4 Å². The second-order valence-electron chi connectivity index (χ2n) is 4.47. The molecule has 2 nitrogen and oxygen atoms in total. The van der Waals surface area contributed by atoms with E-state index in [2.05, 4.69) is 5.32 Å². The van der Waals surface area contributed by atoms with Gasteiger partial charge in [0.2, 0.25) is 0 Å². The van der Waals surface area contributed by atoms with Gasteiger partial charge in [-0.25, -0.2) is 8.78 Å². The van der Waals surface area contributed by atoms with Crippen LogP contribution >= 0.6 is 0 Å². The second-order valence-corrected chi connectivity index (χ2v) is 4.47. The van der Waals surface area contributed by atoms with Gasteiger partial charge in [-0.05, 0) is 42.3 Å². The Morgan fingerprint density at radius 3 is 2.37 bits per heavy atom. The predicted molar refractivity (Wildman–Crippen MR) is 69.7 cm³/mol. The van der Waals surface area contributed by atoms with E-state index in [0.29, 0.717) is 12.1 Å². The molecule has 100 valence electrons. The molecule has 0 aromatic heterocycles. The molecule has 0 radical (unpaired) electrons. The van der Waals surface area contributed by atoms with Crippen LogP contribution in [-0.2, 0) is 6.54 Å². The number of rotatable bonds is 4. The Bertz CT molecular complexity index is 534. The highest BCUT2D eigenvalue weighted by Crippen LogP contribution is 2.17. The van der Waals surface area contributed by atoms with E-state index in [4.69, 9.17) is 0 Å². The Morgan fingerprint density at radius 1 is 1.05 bits per heavy atom. The van der Waals surface area contributed by atoms with Crippen molar-refractivity contribution in [3.63, 3.8) is 0 Å². The van der Waals surface area contributed by atoms with Crippen LogP contribution in [0, 0.1) is 11.6 Å². The van der Waals surface area contributed by atoms with Crippen molar-refractivity contribution in [1.82, 2.24) is 5.32 Å². The van der Waals surface area contributed by atoms with E-state index in [0.717, 1.165) is 11.6 Å². The molecule has 2 aromatic rings. The standard InChI is InChI=1S/C15H15F2NO/c1-10(12-2-4-13(16)5-3-12)18-9-11-6-14(17)8-15(19)7-11/h2-8,10,18-19H,9H2,1H3/t10-/m0/s1. The Labute approximate surface area is 110 Å². The van der Waals surface area contributed by atoms with Crippen LogP contribution in [0.15, 0.2) is 42.5 Å². The molecule has 19 heavy (non-hydrogen) atoms. The molecule has 0 saturated heterocycles. The second kappa shape index (κ2) is 5.80. The van der Waals surface area contributed by atoms with Crippen LogP contribution in [-0.4, -0.2) is 5.11 Å². The molecule has 0 spiro atoms. The Hall–Kier alpha value is -1.94. The molecule has 0 aliphatic heterocycles. The third-order valence-corrected chi connectivity index (χ3v) is 2.92. The minimum atomic E-state index is -0.466. The molecule has 0 amide bonds. The van der Waals surface area contributed by atoms with Crippen LogP contribution in [0.4, 0.5) is 8.78 Å². The highest BCUT2D eigenvalue weighted by molar-refractivity contribution is 5.28.